The van der Waals surface area contributed by atoms with Crippen molar-refractivity contribution >= 4 is 34.7 Å². The van der Waals surface area contributed by atoms with E-state index < -0.39 is 5.25 Å². The largest absolute Gasteiger partial charge is 0.494 e. The molecule has 0 bridgehead atoms. The van der Waals surface area contributed by atoms with Crippen LogP contribution in [0.5, 0.6) is 5.75 Å². The highest BCUT2D eigenvalue weighted by Gasteiger charge is 2.27. The first-order valence-corrected chi connectivity index (χ1v) is 14.1. The summed E-state index contributed by atoms with van der Waals surface area (Å²) in [5.74, 6) is 1.53. The number of aromatic nitrogens is 3. The summed E-state index contributed by atoms with van der Waals surface area (Å²) in [5, 5.41) is 12.7. The molecule has 8 heteroatoms. The van der Waals surface area contributed by atoms with Gasteiger partial charge in [-0.1, -0.05) is 66.4 Å². The third-order valence-corrected chi connectivity index (χ3v) is 7.24. The molecule has 40 heavy (non-hydrogen) atoms. The van der Waals surface area contributed by atoms with E-state index in [-0.39, 0.29) is 5.91 Å². The molecule has 1 amide bonds. The molecule has 0 radical (unpaired) electrons. The Labute approximate surface area is 238 Å². The summed E-state index contributed by atoms with van der Waals surface area (Å²) >= 11 is 1.39. The van der Waals surface area contributed by atoms with Gasteiger partial charge in [0.05, 0.1) is 18.4 Å². The molecule has 0 aliphatic carbocycles. The second-order valence-electron chi connectivity index (χ2n) is 8.99. The number of hydrogen-bond donors (Lipinski definition) is 1. The van der Waals surface area contributed by atoms with Crippen LogP contribution in [-0.4, -0.2) is 32.5 Å². The normalized spacial score (nSPS) is 11.6. The zero-order chi connectivity index (χ0) is 27.7. The van der Waals surface area contributed by atoms with Gasteiger partial charge in [-0.3, -0.25) is 14.3 Å². The van der Waals surface area contributed by atoms with E-state index in [0.717, 1.165) is 34.3 Å². The molecule has 5 aromatic rings. The summed E-state index contributed by atoms with van der Waals surface area (Å²) in [7, 11) is 0. The fourth-order valence-corrected chi connectivity index (χ4v) is 5.22. The van der Waals surface area contributed by atoms with Gasteiger partial charge in [0.1, 0.15) is 5.75 Å². The molecule has 7 nitrogen and oxygen atoms in total. The van der Waals surface area contributed by atoms with Gasteiger partial charge in [0.2, 0.25) is 5.91 Å². The maximum atomic E-state index is 13.9. The summed E-state index contributed by atoms with van der Waals surface area (Å²) < 4.78 is 7.55. The highest BCUT2D eigenvalue weighted by atomic mass is 32.2. The van der Waals surface area contributed by atoms with Crippen LogP contribution in [0.3, 0.4) is 0 Å². The lowest BCUT2D eigenvalue weighted by atomic mass is 10.2. The van der Waals surface area contributed by atoms with Crippen molar-refractivity contribution < 1.29 is 9.53 Å². The molecule has 0 saturated heterocycles. The van der Waals surface area contributed by atoms with Crippen molar-refractivity contribution in [3.63, 3.8) is 0 Å². The lowest BCUT2D eigenvalue weighted by Gasteiger charge is -2.26. The van der Waals surface area contributed by atoms with Gasteiger partial charge in [0, 0.05) is 22.7 Å². The van der Waals surface area contributed by atoms with Crippen LogP contribution in [0.1, 0.15) is 19.7 Å². The Hall–Kier alpha value is -4.56. The van der Waals surface area contributed by atoms with E-state index in [1.54, 1.807) is 4.90 Å². The average molecular weight is 550 g/mol. The Balaban J connectivity index is 1.40. The van der Waals surface area contributed by atoms with Crippen LogP contribution >= 0.6 is 11.8 Å². The van der Waals surface area contributed by atoms with Crippen molar-refractivity contribution in [3.8, 4) is 11.4 Å². The molecule has 0 fully saturated rings. The number of thioether (sulfide) groups is 1. The first kappa shape index (κ1) is 27.0. The third kappa shape index (κ3) is 6.35. The summed E-state index contributed by atoms with van der Waals surface area (Å²) in [6.07, 6.45) is 0. The van der Waals surface area contributed by atoms with Crippen LogP contribution in [0, 0.1) is 0 Å². The van der Waals surface area contributed by atoms with Gasteiger partial charge in [0.15, 0.2) is 11.0 Å². The molecule has 0 saturated carbocycles. The third-order valence-electron chi connectivity index (χ3n) is 6.21. The molecule has 0 spiro atoms. The minimum Gasteiger partial charge on any atom is -0.494 e. The van der Waals surface area contributed by atoms with Gasteiger partial charge in [-0.15, -0.1) is 10.2 Å². The maximum Gasteiger partial charge on any atom is 0.244 e. The van der Waals surface area contributed by atoms with Gasteiger partial charge in [-0.25, -0.2) is 0 Å². The molecule has 0 unspecified atom stereocenters. The summed E-state index contributed by atoms with van der Waals surface area (Å²) in [5.41, 5.74) is 3.51. The molecule has 1 atom stereocenters. The Kier molecular flexibility index (Phi) is 8.78. The second kappa shape index (κ2) is 13.0. The van der Waals surface area contributed by atoms with Crippen LogP contribution in [0.4, 0.5) is 17.1 Å². The minimum absolute atomic E-state index is 0.0425. The molecule has 1 N–H and O–H groups in total. The first-order valence-electron chi connectivity index (χ1n) is 13.2. The van der Waals surface area contributed by atoms with Crippen molar-refractivity contribution in [1.29, 1.82) is 0 Å². The predicted octanol–water partition coefficient (Wildman–Crippen LogP) is 7.12. The van der Waals surface area contributed by atoms with E-state index in [9.17, 15) is 4.79 Å². The van der Waals surface area contributed by atoms with E-state index in [1.807, 2.05) is 134 Å². The quantitative estimate of drug-likeness (QED) is 0.177. The number of carbonyl (C=O) groups excluding carboxylic acids is 1. The highest BCUT2D eigenvalue weighted by Crippen LogP contribution is 2.32. The maximum absolute atomic E-state index is 13.9. The lowest BCUT2D eigenvalue weighted by Crippen LogP contribution is -2.33. The molecule has 0 aliphatic rings. The Bertz CT molecular complexity index is 1470. The van der Waals surface area contributed by atoms with Crippen molar-refractivity contribution in [2.75, 3.05) is 16.8 Å². The van der Waals surface area contributed by atoms with E-state index in [4.69, 9.17) is 4.74 Å². The average Bonchev–Trinajstić information content (AvgIpc) is 3.40. The lowest BCUT2D eigenvalue weighted by molar-refractivity contribution is -0.117. The van der Waals surface area contributed by atoms with Gasteiger partial charge in [-0.05, 0) is 74.5 Å². The van der Waals surface area contributed by atoms with Gasteiger partial charge in [-0.2, -0.15) is 0 Å². The second-order valence-corrected chi connectivity index (χ2v) is 10.3. The molecule has 5 rings (SSSR count). The number of benzene rings is 4. The number of nitrogens with one attached hydrogen (secondary N) is 1. The fraction of sp³-hybridized carbons (Fsp3) is 0.156. The Morgan fingerprint density at radius 1 is 0.850 bits per heavy atom. The SMILES string of the molecule is CCOc1ccc(NCc2nnc(S[C@H](C)C(=O)N(c3ccccc3)c3ccccc3)n2-c2ccccc2)cc1. The standard InChI is InChI=1S/C32H31N5O2S/c1-3-39-29-21-19-25(20-22-29)33-23-30-34-35-32(37(30)28-17-11-6-12-18-28)40-24(2)31(38)36(26-13-7-4-8-14-26)27-15-9-5-10-16-27/h4-22,24,33H,3,23H2,1-2H3/t24-/m1/s1. The summed E-state index contributed by atoms with van der Waals surface area (Å²) in [6, 6.07) is 37.2. The van der Waals surface area contributed by atoms with Crippen LogP contribution in [0.15, 0.2) is 120 Å². The van der Waals surface area contributed by atoms with Crippen molar-refractivity contribution in [2.45, 2.75) is 30.8 Å². The van der Waals surface area contributed by atoms with Crippen LogP contribution < -0.4 is 15.0 Å². The van der Waals surface area contributed by atoms with Gasteiger partial charge >= 0.3 is 0 Å². The van der Waals surface area contributed by atoms with E-state index in [0.29, 0.717) is 18.3 Å². The molecule has 1 aromatic heterocycles. The van der Waals surface area contributed by atoms with E-state index in [1.165, 1.54) is 11.8 Å². The molecular formula is C32H31N5O2S. The molecule has 4 aromatic carbocycles. The number of amides is 1. The molecular weight excluding hydrogens is 518 g/mol. The van der Waals surface area contributed by atoms with Crippen LogP contribution in [0.25, 0.3) is 5.69 Å². The Morgan fingerprint density at radius 3 is 2.00 bits per heavy atom. The smallest absolute Gasteiger partial charge is 0.244 e. The zero-order valence-corrected chi connectivity index (χ0v) is 23.3. The number of nitrogens with zero attached hydrogens (tertiary/aromatic N) is 4. The summed E-state index contributed by atoms with van der Waals surface area (Å²) in [6.45, 7) is 4.96. The molecule has 0 aliphatic heterocycles. The van der Waals surface area contributed by atoms with Crippen LogP contribution in [0.2, 0.25) is 0 Å². The Morgan fingerprint density at radius 2 is 1.43 bits per heavy atom. The van der Waals surface area contributed by atoms with Crippen molar-refractivity contribution in [2.24, 2.45) is 0 Å². The van der Waals surface area contributed by atoms with Crippen molar-refractivity contribution in [1.82, 2.24) is 14.8 Å². The fourth-order valence-electron chi connectivity index (χ4n) is 4.29. The first-order chi connectivity index (χ1) is 19.6. The molecule has 1 heterocycles. The topological polar surface area (TPSA) is 72.3 Å². The zero-order valence-electron chi connectivity index (χ0n) is 22.5. The monoisotopic (exact) mass is 549 g/mol. The highest BCUT2D eigenvalue weighted by molar-refractivity contribution is 8.00. The van der Waals surface area contributed by atoms with Crippen LogP contribution in [-0.2, 0) is 11.3 Å². The predicted molar refractivity (Wildman–Crippen MR) is 162 cm³/mol. The number of anilines is 3. The minimum atomic E-state index is -0.431. The summed E-state index contributed by atoms with van der Waals surface area (Å²) in [4.78, 5) is 15.7. The van der Waals surface area contributed by atoms with Gasteiger partial charge < -0.3 is 10.1 Å². The number of ether oxygens (including phenoxy) is 1. The molecule has 202 valence electrons. The van der Waals surface area contributed by atoms with Gasteiger partial charge in [0.25, 0.3) is 0 Å². The van der Waals surface area contributed by atoms with Crippen molar-refractivity contribution in [3.05, 3.63) is 121 Å². The number of carbonyl (C=O) groups is 1. The van der Waals surface area contributed by atoms with E-state index >= 15 is 0 Å². The number of hydrogen-bond acceptors (Lipinski definition) is 6. The number of para-hydroxylation sites is 3. The number of rotatable bonds is 11. The van der Waals surface area contributed by atoms with E-state index in [2.05, 4.69) is 15.5 Å².